The van der Waals surface area contributed by atoms with Crippen molar-refractivity contribution in [3.63, 3.8) is 0 Å². The van der Waals surface area contributed by atoms with Crippen LogP contribution in [-0.4, -0.2) is 15.9 Å². The summed E-state index contributed by atoms with van der Waals surface area (Å²) >= 11 is 10.7. The van der Waals surface area contributed by atoms with E-state index in [4.69, 9.17) is 11.6 Å². The fourth-order valence-electron chi connectivity index (χ4n) is 2.52. The molecule has 0 radical (unpaired) electrons. The van der Waals surface area contributed by atoms with E-state index >= 15 is 0 Å². The van der Waals surface area contributed by atoms with Crippen LogP contribution in [0, 0.1) is 6.92 Å². The van der Waals surface area contributed by atoms with Crippen molar-refractivity contribution in [2.45, 2.75) is 17.6 Å². The summed E-state index contributed by atoms with van der Waals surface area (Å²) in [5.74, 6) is 0.562. The van der Waals surface area contributed by atoms with Crippen LogP contribution < -0.4 is 5.32 Å². The quantitative estimate of drug-likeness (QED) is 0.379. The fourth-order valence-corrected chi connectivity index (χ4v) is 5.32. The van der Waals surface area contributed by atoms with E-state index in [9.17, 15) is 4.79 Å². The van der Waals surface area contributed by atoms with Crippen molar-refractivity contribution in [2.24, 2.45) is 0 Å². The molecule has 2 aromatic heterocycles. The summed E-state index contributed by atoms with van der Waals surface area (Å²) < 4.78 is 0.944. The average Bonchev–Trinajstić information content (AvgIpc) is 3.25. The number of hydrogen-bond donors (Lipinski definition) is 1. The molecule has 1 amide bonds. The molecule has 0 fully saturated rings. The number of amides is 1. The van der Waals surface area contributed by atoms with Crippen molar-refractivity contribution < 1.29 is 4.79 Å². The monoisotopic (exact) mass is 431 g/mol. The first-order chi connectivity index (χ1) is 13.1. The van der Waals surface area contributed by atoms with Gasteiger partial charge in [0.05, 0.1) is 26.5 Å². The van der Waals surface area contributed by atoms with E-state index in [1.54, 1.807) is 29.2 Å². The van der Waals surface area contributed by atoms with Crippen LogP contribution in [0.4, 0.5) is 5.13 Å². The molecule has 1 N–H and O–H groups in total. The number of aromatic nitrogens is 2. The lowest BCUT2D eigenvalue weighted by molar-refractivity contribution is 0.102. The van der Waals surface area contributed by atoms with E-state index in [2.05, 4.69) is 20.7 Å². The number of anilines is 1. The standard InChI is InChI=1S/C19H14ClN3OS3/c1-11-21-13(9-25-11)10-26-16-5-3-2-4-14(16)18(24)23-19-22-15-7-6-12(20)8-17(15)27-19/h2-9H,10H2,1H3,(H,22,23,24). The Kier molecular flexibility index (Phi) is 5.45. The topological polar surface area (TPSA) is 54.9 Å². The van der Waals surface area contributed by atoms with Crippen molar-refractivity contribution >= 4 is 67.3 Å². The molecule has 4 nitrogen and oxygen atoms in total. The first kappa shape index (κ1) is 18.4. The molecule has 136 valence electrons. The Balaban J connectivity index is 1.52. The molecule has 0 saturated carbocycles. The molecule has 0 bridgehead atoms. The molecule has 4 rings (SSSR count). The molecule has 0 spiro atoms. The smallest absolute Gasteiger partial charge is 0.258 e. The summed E-state index contributed by atoms with van der Waals surface area (Å²) in [5, 5.41) is 7.23. The Morgan fingerprint density at radius 3 is 2.89 bits per heavy atom. The van der Waals surface area contributed by atoms with E-state index in [-0.39, 0.29) is 5.91 Å². The summed E-state index contributed by atoms with van der Waals surface area (Å²) in [4.78, 5) is 22.7. The molecule has 0 aliphatic rings. The normalized spacial score (nSPS) is 11.0. The van der Waals surface area contributed by atoms with Gasteiger partial charge in [-0.2, -0.15) is 0 Å². The van der Waals surface area contributed by atoms with Crippen molar-refractivity contribution in [3.8, 4) is 0 Å². The van der Waals surface area contributed by atoms with Gasteiger partial charge >= 0.3 is 0 Å². The number of aryl methyl sites for hydroxylation is 1. The second-order valence-corrected chi connectivity index (χ2v) is 9.27. The Bertz CT molecular complexity index is 1120. The average molecular weight is 432 g/mol. The van der Waals surface area contributed by atoms with Crippen LogP contribution in [0.3, 0.4) is 0 Å². The van der Waals surface area contributed by atoms with E-state index in [0.29, 0.717) is 15.7 Å². The molecule has 27 heavy (non-hydrogen) atoms. The summed E-state index contributed by atoms with van der Waals surface area (Å²) in [6.07, 6.45) is 0. The highest BCUT2D eigenvalue weighted by Crippen LogP contribution is 2.30. The van der Waals surface area contributed by atoms with Crippen LogP contribution in [0.2, 0.25) is 5.02 Å². The zero-order valence-corrected chi connectivity index (χ0v) is 17.4. The lowest BCUT2D eigenvalue weighted by Gasteiger charge is -2.07. The highest BCUT2D eigenvalue weighted by atomic mass is 35.5. The van der Waals surface area contributed by atoms with E-state index in [1.807, 2.05) is 43.3 Å². The third-order valence-electron chi connectivity index (χ3n) is 3.74. The number of thiazole rings is 2. The predicted octanol–water partition coefficient (Wildman–Crippen LogP) is 6.26. The number of carbonyl (C=O) groups is 1. The van der Waals surface area contributed by atoms with Gasteiger partial charge < -0.3 is 0 Å². The minimum absolute atomic E-state index is 0.169. The number of halogens is 1. The second kappa shape index (κ2) is 7.98. The Labute approximate surface area is 173 Å². The number of carbonyl (C=O) groups excluding carboxylic acids is 1. The first-order valence-electron chi connectivity index (χ1n) is 8.09. The zero-order chi connectivity index (χ0) is 18.8. The van der Waals surface area contributed by atoms with Crippen molar-refractivity contribution in [2.75, 3.05) is 5.32 Å². The van der Waals surface area contributed by atoms with Crippen LogP contribution in [0.5, 0.6) is 0 Å². The van der Waals surface area contributed by atoms with Gasteiger partial charge in [-0.3, -0.25) is 10.1 Å². The largest absolute Gasteiger partial charge is 0.298 e. The van der Waals surface area contributed by atoms with Gasteiger partial charge in [-0.25, -0.2) is 9.97 Å². The summed E-state index contributed by atoms with van der Waals surface area (Å²) in [6, 6.07) is 13.1. The number of fused-ring (bicyclic) bond motifs is 1. The molecule has 4 aromatic rings. The SMILES string of the molecule is Cc1nc(CSc2ccccc2C(=O)Nc2nc3ccc(Cl)cc3s2)cs1. The molecule has 0 saturated heterocycles. The first-order valence-corrected chi connectivity index (χ1v) is 11.1. The minimum atomic E-state index is -0.169. The third kappa shape index (κ3) is 4.32. The van der Waals surface area contributed by atoms with Crippen molar-refractivity contribution in [3.05, 3.63) is 69.1 Å². The lowest BCUT2D eigenvalue weighted by Crippen LogP contribution is -2.12. The Hall–Kier alpha value is -1.93. The number of nitrogens with one attached hydrogen (secondary N) is 1. The van der Waals surface area contributed by atoms with Gasteiger partial charge in [-0.15, -0.1) is 23.1 Å². The maximum absolute atomic E-state index is 12.8. The van der Waals surface area contributed by atoms with Gasteiger partial charge in [0, 0.05) is 21.1 Å². The molecule has 2 heterocycles. The number of nitrogens with zero attached hydrogens (tertiary/aromatic N) is 2. The molecular weight excluding hydrogens is 418 g/mol. The molecular formula is C19H14ClN3OS3. The predicted molar refractivity (Wildman–Crippen MR) is 115 cm³/mol. The van der Waals surface area contributed by atoms with Crippen molar-refractivity contribution in [1.29, 1.82) is 0 Å². The van der Waals surface area contributed by atoms with E-state index in [1.165, 1.54) is 11.3 Å². The number of hydrogen-bond acceptors (Lipinski definition) is 6. The summed E-state index contributed by atoms with van der Waals surface area (Å²) in [7, 11) is 0. The van der Waals surface area contributed by atoms with Gasteiger partial charge in [-0.1, -0.05) is 35.1 Å². The molecule has 0 atom stereocenters. The molecule has 0 aliphatic heterocycles. The van der Waals surface area contributed by atoms with Crippen LogP contribution >= 0.6 is 46.0 Å². The lowest BCUT2D eigenvalue weighted by atomic mass is 10.2. The number of rotatable bonds is 5. The Morgan fingerprint density at radius 1 is 1.22 bits per heavy atom. The number of benzene rings is 2. The number of thioether (sulfide) groups is 1. The van der Waals surface area contributed by atoms with Gasteiger partial charge in [-0.05, 0) is 37.3 Å². The zero-order valence-electron chi connectivity index (χ0n) is 14.2. The van der Waals surface area contributed by atoms with E-state index < -0.39 is 0 Å². The van der Waals surface area contributed by atoms with Gasteiger partial charge in [0.1, 0.15) is 0 Å². The third-order valence-corrected chi connectivity index (χ3v) is 6.84. The van der Waals surface area contributed by atoms with Gasteiger partial charge in [0.25, 0.3) is 5.91 Å². The maximum atomic E-state index is 12.8. The maximum Gasteiger partial charge on any atom is 0.258 e. The highest BCUT2D eigenvalue weighted by molar-refractivity contribution is 7.98. The van der Waals surface area contributed by atoms with Gasteiger partial charge in [0.15, 0.2) is 5.13 Å². The summed E-state index contributed by atoms with van der Waals surface area (Å²) in [6.45, 7) is 1.99. The second-order valence-electron chi connectivity index (χ2n) is 5.73. The van der Waals surface area contributed by atoms with Crippen LogP contribution in [0.15, 0.2) is 52.7 Å². The molecule has 0 aliphatic carbocycles. The van der Waals surface area contributed by atoms with Crippen LogP contribution in [0.25, 0.3) is 10.2 Å². The molecule has 8 heteroatoms. The van der Waals surface area contributed by atoms with Crippen molar-refractivity contribution in [1.82, 2.24) is 9.97 Å². The van der Waals surface area contributed by atoms with Crippen LogP contribution in [-0.2, 0) is 5.75 Å². The molecule has 0 unspecified atom stereocenters. The Morgan fingerprint density at radius 2 is 2.07 bits per heavy atom. The highest BCUT2D eigenvalue weighted by Gasteiger charge is 2.14. The fraction of sp³-hybridized carbons (Fsp3) is 0.105. The minimum Gasteiger partial charge on any atom is -0.298 e. The van der Waals surface area contributed by atoms with Gasteiger partial charge in [0.2, 0.25) is 0 Å². The molecule has 2 aromatic carbocycles. The summed E-state index contributed by atoms with van der Waals surface area (Å²) in [5.41, 5.74) is 2.48. The van der Waals surface area contributed by atoms with E-state index in [0.717, 1.165) is 31.6 Å². The van der Waals surface area contributed by atoms with Crippen LogP contribution in [0.1, 0.15) is 21.1 Å².